The van der Waals surface area contributed by atoms with Crippen LogP contribution in [0.15, 0.2) is 24.3 Å². The third-order valence-corrected chi connectivity index (χ3v) is 4.35. The summed E-state index contributed by atoms with van der Waals surface area (Å²) >= 11 is 0. The molecule has 0 bridgehead atoms. The topological polar surface area (TPSA) is 50.8 Å². The predicted octanol–water partition coefficient (Wildman–Crippen LogP) is 3.94. The van der Waals surface area contributed by atoms with Gasteiger partial charge in [-0.25, -0.2) is 0 Å². The summed E-state index contributed by atoms with van der Waals surface area (Å²) in [7, 11) is 0. The van der Waals surface area contributed by atoms with Gasteiger partial charge < -0.3 is 19.7 Å². The summed E-state index contributed by atoms with van der Waals surface area (Å²) in [5.74, 6) is 0.706. The second-order valence-corrected chi connectivity index (χ2v) is 6.27. The van der Waals surface area contributed by atoms with Gasteiger partial charge in [-0.05, 0) is 57.6 Å². The number of rotatable bonds is 12. The summed E-state index contributed by atoms with van der Waals surface area (Å²) in [5, 5.41) is 2.94. The van der Waals surface area contributed by atoms with E-state index in [1.54, 1.807) is 0 Å². The van der Waals surface area contributed by atoms with Crippen molar-refractivity contribution in [2.24, 2.45) is 0 Å². The van der Waals surface area contributed by atoms with Crippen LogP contribution in [0.2, 0.25) is 0 Å². The molecule has 0 saturated heterocycles. The van der Waals surface area contributed by atoms with Crippen LogP contribution in [-0.2, 0) is 9.53 Å². The number of hydrogen-bond donors (Lipinski definition) is 1. The molecule has 5 heteroatoms. The monoisotopic (exact) mass is 350 g/mol. The number of anilines is 1. The van der Waals surface area contributed by atoms with Crippen molar-refractivity contribution in [3.63, 3.8) is 0 Å². The molecular weight excluding hydrogens is 316 g/mol. The number of nitrogens with zero attached hydrogens (tertiary/aromatic N) is 1. The lowest BCUT2D eigenvalue weighted by atomic mass is 9.99. The van der Waals surface area contributed by atoms with Crippen molar-refractivity contribution in [2.75, 3.05) is 38.2 Å². The highest BCUT2D eigenvalue weighted by Crippen LogP contribution is 2.22. The summed E-state index contributed by atoms with van der Waals surface area (Å²) < 4.78 is 11.4. The van der Waals surface area contributed by atoms with Crippen LogP contribution < -0.4 is 10.1 Å². The summed E-state index contributed by atoms with van der Waals surface area (Å²) in [6.07, 6.45) is 1.59. The van der Waals surface area contributed by atoms with E-state index in [0.29, 0.717) is 19.6 Å². The van der Waals surface area contributed by atoms with E-state index >= 15 is 0 Å². The molecule has 0 unspecified atom stereocenters. The lowest BCUT2D eigenvalue weighted by Crippen LogP contribution is -2.42. The summed E-state index contributed by atoms with van der Waals surface area (Å²) in [6, 6.07) is 7.50. The molecule has 0 spiro atoms. The number of amides is 1. The first kappa shape index (κ1) is 21.5. The van der Waals surface area contributed by atoms with Gasteiger partial charge in [-0.15, -0.1) is 0 Å². The fourth-order valence-corrected chi connectivity index (χ4v) is 2.78. The number of nitrogens with one attached hydrogen (secondary N) is 1. The lowest BCUT2D eigenvalue weighted by molar-refractivity contribution is -0.139. The largest absolute Gasteiger partial charge is 0.492 e. The highest BCUT2D eigenvalue weighted by Gasteiger charge is 2.32. The van der Waals surface area contributed by atoms with Crippen molar-refractivity contribution < 1.29 is 14.3 Å². The summed E-state index contributed by atoms with van der Waals surface area (Å²) in [6.45, 7) is 14.2. The molecular formula is C20H34N2O3. The van der Waals surface area contributed by atoms with Crippen molar-refractivity contribution in [1.29, 1.82) is 0 Å². The molecule has 1 atom stereocenters. The van der Waals surface area contributed by atoms with Gasteiger partial charge in [0.05, 0.1) is 0 Å². The van der Waals surface area contributed by atoms with Crippen molar-refractivity contribution in [3.05, 3.63) is 24.3 Å². The molecule has 1 N–H and O–H groups in total. The Labute approximate surface area is 152 Å². The van der Waals surface area contributed by atoms with Crippen LogP contribution >= 0.6 is 0 Å². The maximum atomic E-state index is 12.5. The second-order valence-electron chi connectivity index (χ2n) is 6.27. The van der Waals surface area contributed by atoms with Crippen molar-refractivity contribution in [2.45, 2.75) is 53.1 Å². The standard InChI is InChI=1S/C20H34N2O3/c1-6-14-20(5,25-9-4)19(23)21-17-10-12-18(13-11-17)24-16-15-22(7-2)8-3/h10-13H,6-9,14-16H2,1-5H3,(H,21,23)/t20-/m1/s1. The molecule has 0 saturated carbocycles. The van der Waals surface area contributed by atoms with E-state index in [9.17, 15) is 4.79 Å². The molecule has 0 fully saturated rings. The van der Waals surface area contributed by atoms with E-state index in [1.807, 2.05) is 38.1 Å². The van der Waals surface area contributed by atoms with Crippen LogP contribution in [0.3, 0.4) is 0 Å². The summed E-state index contributed by atoms with van der Waals surface area (Å²) in [5.41, 5.74) is -0.0364. The molecule has 25 heavy (non-hydrogen) atoms. The Hall–Kier alpha value is -1.59. The Kier molecular flexibility index (Phi) is 9.53. The van der Waals surface area contributed by atoms with Gasteiger partial charge in [0, 0.05) is 18.8 Å². The molecule has 0 aliphatic heterocycles. The van der Waals surface area contributed by atoms with Gasteiger partial charge in [0.15, 0.2) is 0 Å². The minimum absolute atomic E-state index is 0.105. The smallest absolute Gasteiger partial charge is 0.256 e. The molecule has 0 radical (unpaired) electrons. The zero-order valence-electron chi connectivity index (χ0n) is 16.4. The zero-order chi connectivity index (χ0) is 18.7. The highest BCUT2D eigenvalue weighted by atomic mass is 16.5. The van der Waals surface area contributed by atoms with Gasteiger partial charge in [0.25, 0.3) is 5.91 Å². The minimum Gasteiger partial charge on any atom is -0.492 e. The third kappa shape index (κ3) is 7.04. The molecule has 0 aromatic heterocycles. The second kappa shape index (κ2) is 11.1. The summed E-state index contributed by atoms with van der Waals surface area (Å²) in [4.78, 5) is 14.9. The van der Waals surface area contributed by atoms with Crippen LogP contribution in [0.25, 0.3) is 0 Å². The van der Waals surface area contributed by atoms with Crippen molar-refractivity contribution in [1.82, 2.24) is 4.90 Å². The average molecular weight is 351 g/mol. The molecule has 0 aliphatic carbocycles. The Morgan fingerprint density at radius 3 is 2.28 bits per heavy atom. The Balaban J connectivity index is 2.56. The number of carbonyl (C=O) groups is 1. The predicted molar refractivity (Wildman–Crippen MR) is 103 cm³/mol. The average Bonchev–Trinajstić information content (AvgIpc) is 2.60. The SMILES string of the molecule is CCC[C@@](C)(OCC)C(=O)Nc1ccc(OCCN(CC)CC)cc1. The Morgan fingerprint density at radius 1 is 1.12 bits per heavy atom. The molecule has 0 aliphatic rings. The fraction of sp³-hybridized carbons (Fsp3) is 0.650. The van der Waals surface area contributed by atoms with E-state index in [4.69, 9.17) is 9.47 Å². The number of likely N-dealkylation sites (N-methyl/N-ethyl adjacent to an activating group) is 1. The number of hydrogen-bond acceptors (Lipinski definition) is 4. The van der Waals surface area contributed by atoms with Gasteiger partial charge in [-0.3, -0.25) is 4.79 Å². The normalized spacial score (nSPS) is 13.5. The fourth-order valence-electron chi connectivity index (χ4n) is 2.78. The first-order valence-corrected chi connectivity index (χ1v) is 9.39. The molecule has 1 aromatic carbocycles. The molecule has 1 aromatic rings. The molecule has 1 rings (SSSR count). The van der Waals surface area contributed by atoms with E-state index in [0.717, 1.165) is 37.5 Å². The van der Waals surface area contributed by atoms with Gasteiger partial charge >= 0.3 is 0 Å². The number of ether oxygens (including phenoxy) is 2. The Morgan fingerprint density at radius 2 is 1.76 bits per heavy atom. The number of benzene rings is 1. The first-order chi connectivity index (χ1) is 12.0. The molecule has 1 amide bonds. The maximum Gasteiger partial charge on any atom is 0.256 e. The van der Waals surface area contributed by atoms with E-state index in [1.165, 1.54) is 0 Å². The van der Waals surface area contributed by atoms with Crippen LogP contribution in [0.4, 0.5) is 5.69 Å². The molecule has 5 nitrogen and oxygen atoms in total. The lowest BCUT2D eigenvalue weighted by Gasteiger charge is -2.27. The number of carbonyl (C=O) groups excluding carboxylic acids is 1. The van der Waals surface area contributed by atoms with E-state index in [-0.39, 0.29) is 5.91 Å². The zero-order valence-corrected chi connectivity index (χ0v) is 16.4. The van der Waals surface area contributed by atoms with Crippen molar-refractivity contribution >= 4 is 11.6 Å². The maximum absolute atomic E-state index is 12.5. The quantitative estimate of drug-likeness (QED) is 0.620. The molecule has 142 valence electrons. The van der Waals surface area contributed by atoms with Crippen LogP contribution in [0.1, 0.15) is 47.5 Å². The van der Waals surface area contributed by atoms with E-state index < -0.39 is 5.60 Å². The minimum atomic E-state index is -0.789. The van der Waals surface area contributed by atoms with Gasteiger partial charge in [-0.1, -0.05) is 27.2 Å². The first-order valence-electron chi connectivity index (χ1n) is 9.39. The van der Waals surface area contributed by atoms with Gasteiger partial charge in [0.1, 0.15) is 18.0 Å². The van der Waals surface area contributed by atoms with Crippen LogP contribution in [0.5, 0.6) is 5.75 Å². The van der Waals surface area contributed by atoms with Crippen LogP contribution in [0, 0.1) is 0 Å². The van der Waals surface area contributed by atoms with Gasteiger partial charge in [-0.2, -0.15) is 0 Å². The van der Waals surface area contributed by atoms with Crippen LogP contribution in [-0.4, -0.2) is 49.3 Å². The molecule has 0 heterocycles. The Bertz CT molecular complexity index is 492. The van der Waals surface area contributed by atoms with Crippen molar-refractivity contribution in [3.8, 4) is 5.75 Å². The third-order valence-electron chi connectivity index (χ3n) is 4.35. The van der Waals surface area contributed by atoms with E-state index in [2.05, 4.69) is 31.0 Å². The van der Waals surface area contributed by atoms with Gasteiger partial charge in [0.2, 0.25) is 0 Å². The highest BCUT2D eigenvalue weighted by molar-refractivity contribution is 5.97.